The van der Waals surface area contributed by atoms with Gasteiger partial charge in [-0.3, -0.25) is 10.1 Å². The summed E-state index contributed by atoms with van der Waals surface area (Å²) in [6.07, 6.45) is 0. The van der Waals surface area contributed by atoms with E-state index in [1.807, 2.05) is 78.9 Å². The molecule has 0 aliphatic carbocycles. The van der Waals surface area contributed by atoms with Crippen LogP contribution in [0, 0.1) is 0 Å². The molecule has 162 valence electrons. The molecule has 0 atom stereocenters. The van der Waals surface area contributed by atoms with E-state index in [1.54, 1.807) is 13.2 Å². The quantitative estimate of drug-likeness (QED) is 0.336. The molecule has 0 bridgehead atoms. The van der Waals surface area contributed by atoms with Crippen LogP contribution in [0.15, 0.2) is 89.3 Å². The number of ether oxygens (including phenoxy) is 1. The Kier molecular flexibility index (Phi) is 5.46. The molecule has 5 aromatic rings. The smallest absolute Gasteiger partial charge is 0.258 e. The second-order valence-corrected chi connectivity index (χ2v) is 7.77. The molecule has 0 fully saturated rings. The molecule has 1 heterocycles. The third-order valence-electron chi connectivity index (χ3n) is 5.25. The lowest BCUT2D eigenvalue weighted by Crippen LogP contribution is -2.34. The monoisotopic (exact) mass is 453 g/mol. The molecule has 2 N–H and O–H groups in total. The number of hydrogen-bond acceptors (Lipinski definition) is 5. The lowest BCUT2D eigenvalue weighted by atomic mass is 10.0. The highest BCUT2D eigenvalue weighted by molar-refractivity contribution is 7.80. The number of hydrogen-bond donors (Lipinski definition) is 2. The molecule has 0 spiro atoms. The van der Waals surface area contributed by atoms with E-state index in [9.17, 15) is 4.79 Å². The van der Waals surface area contributed by atoms with Gasteiger partial charge in [0.2, 0.25) is 5.89 Å². The largest absolute Gasteiger partial charge is 0.497 e. The van der Waals surface area contributed by atoms with E-state index < -0.39 is 0 Å². The second-order valence-electron chi connectivity index (χ2n) is 7.36. The van der Waals surface area contributed by atoms with Crippen molar-refractivity contribution in [3.8, 4) is 17.2 Å². The molecule has 5 rings (SSSR count). The fourth-order valence-electron chi connectivity index (χ4n) is 3.61. The van der Waals surface area contributed by atoms with Crippen molar-refractivity contribution in [1.29, 1.82) is 0 Å². The zero-order valence-corrected chi connectivity index (χ0v) is 18.5. The Morgan fingerprint density at radius 2 is 1.76 bits per heavy atom. The van der Waals surface area contributed by atoms with Gasteiger partial charge in [0, 0.05) is 22.9 Å². The van der Waals surface area contributed by atoms with Gasteiger partial charge in [-0.25, -0.2) is 4.98 Å². The van der Waals surface area contributed by atoms with Crippen molar-refractivity contribution in [3.63, 3.8) is 0 Å². The molecule has 4 aromatic carbocycles. The van der Waals surface area contributed by atoms with Crippen LogP contribution in [0.25, 0.3) is 33.3 Å². The van der Waals surface area contributed by atoms with Crippen molar-refractivity contribution in [1.82, 2.24) is 10.3 Å². The summed E-state index contributed by atoms with van der Waals surface area (Å²) in [5, 5.41) is 7.88. The highest BCUT2D eigenvalue weighted by atomic mass is 32.1. The van der Waals surface area contributed by atoms with E-state index in [-0.39, 0.29) is 11.0 Å². The van der Waals surface area contributed by atoms with E-state index in [1.165, 1.54) is 0 Å². The minimum absolute atomic E-state index is 0.217. The second kappa shape index (κ2) is 8.72. The number of rotatable bonds is 4. The number of methoxy groups -OCH3 is 1. The number of carbonyl (C=O) groups excluding carboxylic acids is 1. The molecule has 0 radical (unpaired) electrons. The van der Waals surface area contributed by atoms with E-state index in [0.29, 0.717) is 17.0 Å². The molecule has 33 heavy (non-hydrogen) atoms. The third-order valence-corrected chi connectivity index (χ3v) is 5.45. The summed E-state index contributed by atoms with van der Waals surface area (Å²) < 4.78 is 11.1. The summed E-state index contributed by atoms with van der Waals surface area (Å²) in [4.78, 5) is 17.3. The van der Waals surface area contributed by atoms with Crippen LogP contribution in [-0.4, -0.2) is 23.1 Å². The summed E-state index contributed by atoms with van der Waals surface area (Å²) >= 11 is 5.34. The minimum Gasteiger partial charge on any atom is -0.497 e. The van der Waals surface area contributed by atoms with Gasteiger partial charge in [0.1, 0.15) is 11.3 Å². The summed E-state index contributed by atoms with van der Waals surface area (Å²) in [6, 6.07) is 26.3. The number of amides is 1. The van der Waals surface area contributed by atoms with Gasteiger partial charge in [-0.2, -0.15) is 0 Å². The molecular formula is C26H19N3O3S. The van der Waals surface area contributed by atoms with Gasteiger partial charge in [0.25, 0.3) is 5.91 Å². The molecule has 0 saturated carbocycles. The molecule has 0 unspecified atom stereocenters. The van der Waals surface area contributed by atoms with Gasteiger partial charge >= 0.3 is 0 Å². The van der Waals surface area contributed by atoms with Crippen LogP contribution in [-0.2, 0) is 0 Å². The van der Waals surface area contributed by atoms with Gasteiger partial charge < -0.3 is 14.5 Å². The van der Waals surface area contributed by atoms with Gasteiger partial charge in [-0.15, -0.1) is 0 Å². The molecule has 1 amide bonds. The van der Waals surface area contributed by atoms with Gasteiger partial charge in [0.05, 0.1) is 7.11 Å². The number of benzene rings is 4. The number of thiocarbonyl (C=S) groups is 1. The summed E-state index contributed by atoms with van der Waals surface area (Å²) in [5.74, 6) is 0.973. The molecule has 0 saturated heterocycles. The highest BCUT2D eigenvalue weighted by Gasteiger charge is 2.12. The van der Waals surface area contributed by atoms with Crippen molar-refractivity contribution < 1.29 is 13.9 Å². The van der Waals surface area contributed by atoms with E-state index in [0.717, 1.165) is 33.3 Å². The summed E-state index contributed by atoms with van der Waals surface area (Å²) in [7, 11) is 1.61. The van der Waals surface area contributed by atoms with Crippen molar-refractivity contribution in [2.45, 2.75) is 0 Å². The average molecular weight is 454 g/mol. The van der Waals surface area contributed by atoms with Crippen molar-refractivity contribution in [2.75, 3.05) is 12.4 Å². The molecular weight excluding hydrogens is 434 g/mol. The number of aromatic nitrogens is 1. The number of anilines is 1. The zero-order chi connectivity index (χ0) is 22.8. The molecule has 0 aliphatic heterocycles. The maximum Gasteiger partial charge on any atom is 0.258 e. The normalized spacial score (nSPS) is 10.8. The Morgan fingerprint density at radius 3 is 2.58 bits per heavy atom. The van der Waals surface area contributed by atoms with Crippen molar-refractivity contribution in [2.24, 2.45) is 0 Å². The first kappa shape index (κ1) is 20.7. The first-order chi connectivity index (χ1) is 16.1. The van der Waals surface area contributed by atoms with Gasteiger partial charge in [0.15, 0.2) is 10.7 Å². The van der Waals surface area contributed by atoms with Crippen molar-refractivity contribution >= 4 is 50.8 Å². The number of carbonyl (C=O) groups is 1. The first-order valence-electron chi connectivity index (χ1n) is 10.3. The fourth-order valence-corrected chi connectivity index (χ4v) is 3.82. The average Bonchev–Trinajstić information content (AvgIpc) is 3.27. The van der Waals surface area contributed by atoms with Crippen molar-refractivity contribution in [3.05, 3.63) is 90.5 Å². The maximum absolute atomic E-state index is 12.8. The lowest BCUT2D eigenvalue weighted by molar-refractivity contribution is 0.0979. The summed E-state index contributed by atoms with van der Waals surface area (Å²) in [6.45, 7) is 0. The van der Waals surface area contributed by atoms with Crippen LogP contribution in [0.1, 0.15) is 10.4 Å². The van der Waals surface area contributed by atoms with Crippen LogP contribution >= 0.6 is 12.2 Å². The lowest BCUT2D eigenvalue weighted by Gasteiger charge is -2.11. The van der Waals surface area contributed by atoms with E-state index in [4.69, 9.17) is 21.4 Å². The number of oxazole rings is 1. The van der Waals surface area contributed by atoms with Gasteiger partial charge in [-0.05, 0) is 65.5 Å². The summed E-state index contributed by atoms with van der Waals surface area (Å²) in [5.41, 5.74) is 3.54. The Hall–Kier alpha value is -4.23. The van der Waals surface area contributed by atoms with E-state index >= 15 is 0 Å². The minimum atomic E-state index is -0.261. The van der Waals surface area contributed by atoms with Gasteiger partial charge in [-0.1, -0.05) is 36.4 Å². The number of fused-ring (bicyclic) bond motifs is 2. The van der Waals surface area contributed by atoms with Crippen LogP contribution in [0.4, 0.5) is 5.69 Å². The van der Waals surface area contributed by atoms with Crippen LogP contribution in [0.3, 0.4) is 0 Å². The Balaban J connectivity index is 1.28. The predicted molar refractivity (Wildman–Crippen MR) is 134 cm³/mol. The Bertz CT molecular complexity index is 1490. The van der Waals surface area contributed by atoms with Crippen LogP contribution in [0.2, 0.25) is 0 Å². The zero-order valence-electron chi connectivity index (χ0n) is 17.7. The first-order valence-corrected chi connectivity index (χ1v) is 10.7. The molecule has 1 aromatic heterocycles. The number of nitrogens with one attached hydrogen (secondary N) is 2. The van der Waals surface area contributed by atoms with E-state index in [2.05, 4.69) is 15.6 Å². The van der Waals surface area contributed by atoms with Crippen LogP contribution in [0.5, 0.6) is 5.75 Å². The number of nitrogens with zero attached hydrogens (tertiary/aromatic N) is 1. The Morgan fingerprint density at radius 1 is 0.970 bits per heavy atom. The predicted octanol–water partition coefficient (Wildman–Crippen LogP) is 5.78. The SMILES string of the molecule is COc1ccc2oc(-c3ccc(NC(=S)NC(=O)c4cccc5ccccc45)cc3)nc2c1. The molecule has 7 heteroatoms. The standard InChI is InChI=1S/C26H19N3O3S/c1-31-19-13-14-23-22(15-19)28-25(32-23)17-9-11-18(12-10-17)27-26(33)29-24(30)21-8-4-6-16-5-2-3-7-20(16)21/h2-15H,1H3,(H2,27,29,30,33). The molecule has 6 nitrogen and oxygen atoms in total. The Labute approximate surface area is 195 Å². The third kappa shape index (κ3) is 4.26. The van der Waals surface area contributed by atoms with Crippen LogP contribution < -0.4 is 15.4 Å². The topological polar surface area (TPSA) is 76.4 Å². The highest BCUT2D eigenvalue weighted by Crippen LogP contribution is 2.27. The molecule has 0 aliphatic rings. The fraction of sp³-hybridized carbons (Fsp3) is 0.0385. The maximum atomic E-state index is 12.8.